The molecule has 152 valence electrons. The Hall–Kier alpha value is -1.47. The van der Waals surface area contributed by atoms with E-state index in [4.69, 9.17) is 4.74 Å². The van der Waals surface area contributed by atoms with Gasteiger partial charge in [0.15, 0.2) is 5.17 Å². The average Bonchev–Trinajstić information content (AvgIpc) is 2.58. The molecule has 0 bridgehead atoms. The number of thioether (sulfide) groups is 1. The van der Waals surface area contributed by atoms with Crippen LogP contribution in [0.5, 0.6) is 0 Å². The van der Waals surface area contributed by atoms with Crippen molar-refractivity contribution in [2.45, 2.75) is 17.2 Å². The van der Waals surface area contributed by atoms with E-state index in [0.717, 1.165) is 11.8 Å². The molecule has 1 aliphatic rings. The fourth-order valence-corrected chi connectivity index (χ4v) is 4.22. The summed E-state index contributed by atoms with van der Waals surface area (Å²) in [5.74, 6) is 0. The lowest BCUT2D eigenvalue weighted by molar-refractivity contribution is -0.143. The number of nitrogens with zero attached hydrogens (tertiary/aromatic N) is 2. The molecule has 1 saturated heterocycles. The van der Waals surface area contributed by atoms with Crippen molar-refractivity contribution in [3.8, 4) is 0 Å². The van der Waals surface area contributed by atoms with E-state index < -0.39 is 38.4 Å². The zero-order valence-electron chi connectivity index (χ0n) is 13.8. The molecular weight excluding hydrogens is 422 g/mol. The topological polar surface area (TPSA) is 59.0 Å². The molecule has 1 aromatic rings. The number of hydrogen-bond acceptors (Lipinski definition) is 4. The Morgan fingerprint density at radius 1 is 1.04 bits per heavy atom. The fourth-order valence-electron chi connectivity index (χ4n) is 2.21. The van der Waals surface area contributed by atoms with Gasteiger partial charge in [-0.05, 0) is 24.5 Å². The lowest BCUT2D eigenvalue weighted by atomic mass is 10.1. The third-order valence-corrected chi connectivity index (χ3v) is 5.60. The quantitative estimate of drug-likeness (QED) is 0.404. The summed E-state index contributed by atoms with van der Waals surface area (Å²) in [6, 6.07) is 0.150. The Kier molecular flexibility index (Phi) is 6.37. The number of amidine groups is 1. The van der Waals surface area contributed by atoms with Gasteiger partial charge in [0, 0.05) is 13.1 Å². The monoisotopic (exact) mass is 436 g/mol. The van der Waals surface area contributed by atoms with Crippen LogP contribution in [0.15, 0.2) is 27.5 Å². The first-order chi connectivity index (χ1) is 12.3. The summed E-state index contributed by atoms with van der Waals surface area (Å²) < 4.78 is 111. The van der Waals surface area contributed by atoms with Crippen molar-refractivity contribution >= 4 is 27.0 Å². The lowest BCUT2D eigenvalue weighted by Gasteiger charge is -2.28. The van der Waals surface area contributed by atoms with Gasteiger partial charge in [0.1, 0.15) is 0 Å². The summed E-state index contributed by atoms with van der Waals surface area (Å²) in [5, 5.41) is -0.0377. The molecule has 5 nitrogen and oxygen atoms in total. The second-order valence-electron chi connectivity index (χ2n) is 5.39. The predicted octanol–water partition coefficient (Wildman–Crippen LogP) is 3.46. The molecule has 0 atom stereocenters. The largest absolute Gasteiger partial charge is 0.416 e. The molecule has 13 heteroatoms. The van der Waals surface area contributed by atoms with Crippen LogP contribution < -0.4 is 0 Å². The number of hydrogen-bond donors (Lipinski definition) is 0. The molecule has 0 aliphatic carbocycles. The summed E-state index contributed by atoms with van der Waals surface area (Å²) in [6.07, 6.45) is -8.80. The fraction of sp³-hybridized carbons (Fsp3) is 0.500. The number of halogens is 6. The molecule has 0 unspecified atom stereocenters. The number of ether oxygens (including phenoxy) is 1. The molecule has 27 heavy (non-hydrogen) atoms. The molecule has 1 heterocycles. The van der Waals surface area contributed by atoms with Gasteiger partial charge in [-0.1, -0.05) is 11.8 Å². The first-order valence-corrected chi connectivity index (χ1v) is 10.0. The highest BCUT2D eigenvalue weighted by Crippen LogP contribution is 2.37. The van der Waals surface area contributed by atoms with Gasteiger partial charge in [0.2, 0.25) is 0 Å². The zero-order chi connectivity index (χ0) is 20.5. The normalized spacial score (nSPS) is 17.3. The third kappa shape index (κ3) is 5.51. The van der Waals surface area contributed by atoms with Crippen molar-refractivity contribution in [1.29, 1.82) is 0 Å². The second-order valence-corrected chi connectivity index (χ2v) is 7.77. The first-order valence-electron chi connectivity index (χ1n) is 7.36. The van der Waals surface area contributed by atoms with Crippen molar-refractivity contribution < 1.29 is 39.5 Å². The summed E-state index contributed by atoms with van der Waals surface area (Å²) in [6.45, 7) is 1.18. The van der Waals surface area contributed by atoms with Crippen LogP contribution in [-0.2, 0) is 27.1 Å². The summed E-state index contributed by atoms with van der Waals surface area (Å²) >= 11 is 0.914. The van der Waals surface area contributed by atoms with Gasteiger partial charge in [-0.15, -0.1) is 4.40 Å². The maximum absolute atomic E-state index is 12.9. The maximum Gasteiger partial charge on any atom is 0.416 e. The summed E-state index contributed by atoms with van der Waals surface area (Å²) in [4.78, 5) is 0.355. The molecule has 2 rings (SSSR count). The molecule has 1 aromatic carbocycles. The van der Waals surface area contributed by atoms with Crippen LogP contribution in [0, 0.1) is 0 Å². The molecule has 1 aliphatic heterocycles. The van der Waals surface area contributed by atoms with Gasteiger partial charge in [-0.3, -0.25) is 0 Å². The van der Waals surface area contributed by atoms with Crippen molar-refractivity contribution in [3.63, 3.8) is 0 Å². The smallest absolute Gasteiger partial charge is 0.378 e. The standard InChI is InChI=1S/C14H14F6N2O3S2/c1-26-12(22-2-4-25-5-3-22)21-27(23,24)11-7-9(13(15,16)17)6-10(8-11)14(18,19)20/h6-8H,2-5H2,1H3. The summed E-state index contributed by atoms with van der Waals surface area (Å²) in [7, 11) is -4.80. The number of sulfonamides is 1. The second kappa shape index (κ2) is 7.87. The van der Waals surface area contributed by atoms with Crippen molar-refractivity contribution in [3.05, 3.63) is 29.3 Å². The number of benzene rings is 1. The Morgan fingerprint density at radius 2 is 1.52 bits per heavy atom. The minimum atomic E-state index is -5.15. The molecule has 1 fully saturated rings. The minimum absolute atomic E-state index is 0.0377. The number of alkyl halides is 6. The maximum atomic E-state index is 12.9. The number of rotatable bonds is 2. The van der Waals surface area contributed by atoms with Gasteiger partial charge in [0.25, 0.3) is 10.0 Å². The Bertz CT molecular complexity index is 783. The van der Waals surface area contributed by atoms with Crippen molar-refractivity contribution in [2.75, 3.05) is 32.6 Å². The lowest BCUT2D eigenvalue weighted by Crippen LogP contribution is -2.39. The van der Waals surface area contributed by atoms with Crippen LogP contribution in [0.4, 0.5) is 26.3 Å². The Balaban J connectivity index is 2.55. The molecule has 0 spiro atoms. The van der Waals surface area contributed by atoms with E-state index in [1.54, 1.807) is 0 Å². The van der Waals surface area contributed by atoms with Crippen LogP contribution in [-0.4, -0.2) is 51.0 Å². The highest BCUT2D eigenvalue weighted by atomic mass is 32.2. The van der Waals surface area contributed by atoms with Crippen LogP contribution in [0.2, 0.25) is 0 Å². The van der Waals surface area contributed by atoms with Gasteiger partial charge in [0.05, 0.1) is 29.2 Å². The third-order valence-electron chi connectivity index (χ3n) is 3.52. The zero-order valence-corrected chi connectivity index (χ0v) is 15.4. The van der Waals surface area contributed by atoms with E-state index >= 15 is 0 Å². The molecule has 0 saturated carbocycles. The van der Waals surface area contributed by atoms with Crippen LogP contribution in [0.3, 0.4) is 0 Å². The average molecular weight is 436 g/mol. The molecule has 0 radical (unpaired) electrons. The number of morpholine rings is 1. The predicted molar refractivity (Wildman–Crippen MR) is 87.0 cm³/mol. The van der Waals surface area contributed by atoms with Gasteiger partial charge in [-0.25, -0.2) is 0 Å². The van der Waals surface area contributed by atoms with E-state index in [1.165, 1.54) is 11.2 Å². The summed E-state index contributed by atoms with van der Waals surface area (Å²) in [5.41, 5.74) is -3.44. The van der Waals surface area contributed by atoms with E-state index in [-0.39, 0.29) is 23.4 Å². The first kappa shape index (κ1) is 21.8. The van der Waals surface area contributed by atoms with Crippen LogP contribution in [0.1, 0.15) is 11.1 Å². The van der Waals surface area contributed by atoms with Gasteiger partial charge in [-0.2, -0.15) is 34.8 Å². The van der Waals surface area contributed by atoms with E-state index in [0.29, 0.717) is 26.3 Å². The Labute approximate surface area is 155 Å². The molecule has 0 amide bonds. The van der Waals surface area contributed by atoms with Gasteiger partial charge < -0.3 is 9.64 Å². The highest BCUT2D eigenvalue weighted by Gasteiger charge is 2.38. The van der Waals surface area contributed by atoms with Crippen molar-refractivity contribution in [1.82, 2.24) is 4.90 Å². The highest BCUT2D eigenvalue weighted by molar-refractivity contribution is 8.13. The van der Waals surface area contributed by atoms with Crippen LogP contribution in [0.25, 0.3) is 0 Å². The van der Waals surface area contributed by atoms with Crippen LogP contribution >= 0.6 is 11.8 Å². The van der Waals surface area contributed by atoms with Gasteiger partial charge >= 0.3 is 12.4 Å². The molecule has 0 aromatic heterocycles. The van der Waals surface area contributed by atoms with E-state index in [1.807, 2.05) is 0 Å². The molecular formula is C14H14F6N2O3S2. The SMILES string of the molecule is CSC(=NS(=O)(=O)c1cc(C(F)(F)F)cc(C(F)(F)F)c1)N1CCOCC1. The minimum Gasteiger partial charge on any atom is -0.378 e. The van der Waals surface area contributed by atoms with Crippen molar-refractivity contribution in [2.24, 2.45) is 4.40 Å². The Morgan fingerprint density at radius 3 is 1.93 bits per heavy atom. The van der Waals surface area contributed by atoms with E-state index in [2.05, 4.69) is 4.40 Å². The van der Waals surface area contributed by atoms with E-state index in [9.17, 15) is 34.8 Å². The molecule has 0 N–H and O–H groups in total.